The lowest BCUT2D eigenvalue weighted by molar-refractivity contribution is -0.0817. The Labute approximate surface area is 157 Å². The van der Waals surface area contributed by atoms with E-state index in [0.29, 0.717) is 19.8 Å². The molecule has 0 saturated carbocycles. The maximum absolute atomic E-state index is 5.90. The first-order valence-corrected chi connectivity index (χ1v) is 9.63. The Kier molecular flexibility index (Phi) is 6.95. The Hall–Kier alpha value is -1.31. The van der Waals surface area contributed by atoms with Crippen LogP contribution in [0.5, 0.6) is 5.75 Å². The molecule has 1 aromatic rings. The van der Waals surface area contributed by atoms with Gasteiger partial charge in [0.15, 0.2) is 5.96 Å². The van der Waals surface area contributed by atoms with E-state index in [1.165, 1.54) is 0 Å². The lowest BCUT2D eigenvalue weighted by Gasteiger charge is -2.37. The quantitative estimate of drug-likeness (QED) is 0.457. The Morgan fingerprint density at radius 1 is 1.36 bits per heavy atom. The molecule has 1 aromatic carbocycles. The van der Waals surface area contributed by atoms with E-state index in [-0.39, 0.29) is 12.2 Å². The van der Waals surface area contributed by atoms with E-state index in [9.17, 15) is 0 Å². The van der Waals surface area contributed by atoms with Crippen molar-refractivity contribution < 1.29 is 14.2 Å². The van der Waals surface area contributed by atoms with Gasteiger partial charge in [-0.1, -0.05) is 22.0 Å². The summed E-state index contributed by atoms with van der Waals surface area (Å²) >= 11 is 3.45. The summed E-state index contributed by atoms with van der Waals surface area (Å²) in [6, 6.07) is 7.86. The number of rotatable bonds is 5. The maximum Gasteiger partial charge on any atom is 0.193 e. The van der Waals surface area contributed by atoms with Gasteiger partial charge in [0.2, 0.25) is 0 Å². The number of morpholine rings is 1. The van der Waals surface area contributed by atoms with Gasteiger partial charge in [0.05, 0.1) is 19.3 Å². The number of hydrogen-bond donors (Lipinski definition) is 1. The fraction of sp³-hybridized carbons (Fsp3) is 0.611. The molecule has 0 radical (unpaired) electrons. The van der Waals surface area contributed by atoms with E-state index in [1.807, 2.05) is 31.3 Å². The molecule has 2 heterocycles. The zero-order valence-electron chi connectivity index (χ0n) is 14.6. The minimum absolute atomic E-state index is 0.132. The van der Waals surface area contributed by atoms with Crippen molar-refractivity contribution in [1.29, 1.82) is 0 Å². The SMILES string of the molecule is CN=C(NCCOc1cccc(Br)c1)N1CCOC(C2CCCO2)C1. The molecule has 7 heteroatoms. The van der Waals surface area contributed by atoms with Gasteiger partial charge in [-0.3, -0.25) is 4.99 Å². The number of nitrogens with zero attached hydrogens (tertiary/aromatic N) is 2. The van der Waals surface area contributed by atoms with E-state index in [1.54, 1.807) is 0 Å². The van der Waals surface area contributed by atoms with Crippen molar-refractivity contribution in [3.63, 3.8) is 0 Å². The number of nitrogens with one attached hydrogen (secondary N) is 1. The van der Waals surface area contributed by atoms with Gasteiger partial charge in [-0.15, -0.1) is 0 Å². The van der Waals surface area contributed by atoms with E-state index >= 15 is 0 Å². The fourth-order valence-electron chi connectivity index (χ4n) is 3.21. The monoisotopic (exact) mass is 411 g/mol. The molecule has 6 nitrogen and oxygen atoms in total. The second kappa shape index (κ2) is 9.40. The first-order chi connectivity index (χ1) is 12.3. The molecule has 3 rings (SSSR count). The number of ether oxygens (including phenoxy) is 3. The zero-order chi connectivity index (χ0) is 17.5. The Balaban J connectivity index is 1.44. The lowest BCUT2D eigenvalue weighted by Crippen LogP contribution is -2.53. The molecule has 2 saturated heterocycles. The number of guanidine groups is 1. The van der Waals surface area contributed by atoms with Gasteiger partial charge in [-0.2, -0.15) is 0 Å². The second-order valence-electron chi connectivity index (χ2n) is 6.19. The molecule has 25 heavy (non-hydrogen) atoms. The highest BCUT2D eigenvalue weighted by molar-refractivity contribution is 9.10. The van der Waals surface area contributed by atoms with Gasteiger partial charge < -0.3 is 24.4 Å². The topological polar surface area (TPSA) is 55.3 Å². The van der Waals surface area contributed by atoms with E-state index in [0.717, 1.165) is 48.7 Å². The average molecular weight is 412 g/mol. The third-order valence-corrected chi connectivity index (χ3v) is 4.93. The zero-order valence-corrected chi connectivity index (χ0v) is 16.2. The summed E-state index contributed by atoms with van der Waals surface area (Å²) in [5, 5.41) is 3.38. The van der Waals surface area contributed by atoms with Crippen LogP contribution in [0.3, 0.4) is 0 Å². The Morgan fingerprint density at radius 3 is 3.00 bits per heavy atom. The molecule has 0 bridgehead atoms. The van der Waals surface area contributed by atoms with Crippen LogP contribution in [0.15, 0.2) is 33.7 Å². The van der Waals surface area contributed by atoms with Crippen LogP contribution in [-0.2, 0) is 9.47 Å². The lowest BCUT2D eigenvalue weighted by atomic mass is 10.1. The molecule has 1 N–H and O–H groups in total. The molecule has 2 aliphatic heterocycles. The summed E-state index contributed by atoms with van der Waals surface area (Å²) in [6.07, 6.45) is 2.57. The largest absolute Gasteiger partial charge is 0.492 e. The van der Waals surface area contributed by atoms with Gasteiger partial charge in [-0.05, 0) is 31.0 Å². The molecular weight excluding hydrogens is 386 g/mol. The second-order valence-corrected chi connectivity index (χ2v) is 7.10. The summed E-state index contributed by atoms with van der Waals surface area (Å²) in [4.78, 5) is 6.65. The Bertz CT molecular complexity index is 578. The van der Waals surface area contributed by atoms with Gasteiger partial charge in [-0.25, -0.2) is 0 Å². The molecule has 0 aromatic heterocycles. The normalized spacial score (nSPS) is 24.4. The van der Waals surface area contributed by atoms with Gasteiger partial charge >= 0.3 is 0 Å². The maximum atomic E-state index is 5.90. The van der Waals surface area contributed by atoms with E-state index < -0.39 is 0 Å². The van der Waals surface area contributed by atoms with Crippen LogP contribution in [0.2, 0.25) is 0 Å². The van der Waals surface area contributed by atoms with Crippen molar-refractivity contribution >= 4 is 21.9 Å². The van der Waals surface area contributed by atoms with Gasteiger partial charge in [0, 0.05) is 31.2 Å². The van der Waals surface area contributed by atoms with Crippen molar-refractivity contribution in [2.24, 2.45) is 4.99 Å². The number of aliphatic imine (C=N–C) groups is 1. The van der Waals surface area contributed by atoms with Crippen molar-refractivity contribution in [3.05, 3.63) is 28.7 Å². The molecule has 2 aliphatic rings. The van der Waals surface area contributed by atoms with Gasteiger partial charge in [0.1, 0.15) is 18.5 Å². The fourth-order valence-corrected chi connectivity index (χ4v) is 3.59. The van der Waals surface area contributed by atoms with Crippen molar-refractivity contribution in [3.8, 4) is 5.75 Å². The summed E-state index contributed by atoms with van der Waals surface area (Å²) < 4.78 is 18.5. The van der Waals surface area contributed by atoms with Crippen LogP contribution in [0.25, 0.3) is 0 Å². The number of hydrogen-bond acceptors (Lipinski definition) is 4. The molecule has 2 fully saturated rings. The van der Waals surface area contributed by atoms with E-state index in [2.05, 4.69) is 31.1 Å². The number of benzene rings is 1. The first-order valence-electron chi connectivity index (χ1n) is 8.83. The van der Waals surface area contributed by atoms with Crippen LogP contribution in [0.4, 0.5) is 0 Å². The van der Waals surface area contributed by atoms with Gasteiger partial charge in [0.25, 0.3) is 0 Å². The number of halogens is 1. The minimum atomic E-state index is 0.132. The van der Waals surface area contributed by atoms with Crippen LogP contribution in [0.1, 0.15) is 12.8 Å². The highest BCUT2D eigenvalue weighted by Crippen LogP contribution is 2.21. The summed E-state index contributed by atoms with van der Waals surface area (Å²) in [5.41, 5.74) is 0. The third-order valence-electron chi connectivity index (χ3n) is 4.43. The van der Waals surface area contributed by atoms with E-state index in [4.69, 9.17) is 14.2 Å². The molecule has 0 amide bonds. The molecule has 138 valence electrons. The van der Waals surface area contributed by atoms with Crippen LogP contribution >= 0.6 is 15.9 Å². The molecule has 2 atom stereocenters. The van der Waals surface area contributed by atoms with Crippen molar-refractivity contribution in [2.45, 2.75) is 25.0 Å². The summed E-state index contributed by atoms with van der Waals surface area (Å²) in [7, 11) is 1.81. The third kappa shape index (κ3) is 5.33. The van der Waals surface area contributed by atoms with Crippen molar-refractivity contribution in [1.82, 2.24) is 10.2 Å². The summed E-state index contributed by atoms with van der Waals surface area (Å²) in [6.45, 7) is 4.49. The van der Waals surface area contributed by atoms with Crippen LogP contribution < -0.4 is 10.1 Å². The highest BCUT2D eigenvalue weighted by atomic mass is 79.9. The molecule has 2 unspecified atom stereocenters. The van der Waals surface area contributed by atoms with Crippen LogP contribution in [0, 0.1) is 0 Å². The summed E-state index contributed by atoms with van der Waals surface area (Å²) in [5.74, 6) is 1.75. The predicted molar refractivity (Wildman–Crippen MR) is 101 cm³/mol. The molecule has 0 aliphatic carbocycles. The Morgan fingerprint density at radius 2 is 2.24 bits per heavy atom. The van der Waals surface area contributed by atoms with Crippen molar-refractivity contribution in [2.75, 3.05) is 46.5 Å². The minimum Gasteiger partial charge on any atom is -0.492 e. The predicted octanol–water partition coefficient (Wildman–Crippen LogP) is 2.28. The standard InChI is InChI=1S/C18H26BrN3O3/c1-20-18(21-7-10-23-15-5-2-4-14(19)12-15)22-8-11-25-17(13-22)16-6-3-9-24-16/h2,4-5,12,16-17H,3,6-11,13H2,1H3,(H,20,21). The van der Waals surface area contributed by atoms with Crippen LogP contribution in [-0.4, -0.2) is 69.6 Å². The molecular formula is C18H26BrN3O3. The first kappa shape index (κ1) is 18.5. The molecule has 0 spiro atoms. The highest BCUT2D eigenvalue weighted by Gasteiger charge is 2.32. The average Bonchev–Trinajstić information content (AvgIpc) is 3.17. The smallest absolute Gasteiger partial charge is 0.193 e.